The maximum Gasteiger partial charge on any atom is 0.0606 e. The highest BCUT2D eigenvalue weighted by Gasteiger charge is 2.08. The minimum Gasteiger partial charge on any atom is -0.395 e. The van der Waals surface area contributed by atoms with Crippen molar-refractivity contribution < 1.29 is 5.11 Å². The zero-order chi connectivity index (χ0) is 13.5. The zero-order valence-electron chi connectivity index (χ0n) is 11.4. The number of nitrogens with zero attached hydrogens (tertiary/aromatic N) is 1. The molecular formula is C17H21NO. The summed E-state index contributed by atoms with van der Waals surface area (Å²) in [6, 6.07) is 18.8. The highest BCUT2D eigenvalue weighted by atomic mass is 16.3. The Bertz CT molecular complexity index is 496. The Morgan fingerprint density at radius 3 is 2.16 bits per heavy atom. The molecule has 0 fully saturated rings. The molecule has 1 N–H and O–H groups in total. The summed E-state index contributed by atoms with van der Waals surface area (Å²) in [6.07, 6.45) is 1.04. The molecular weight excluding hydrogens is 234 g/mol. The van der Waals surface area contributed by atoms with E-state index >= 15 is 0 Å². The van der Waals surface area contributed by atoms with Crippen LogP contribution < -0.4 is 4.90 Å². The number of anilines is 1. The van der Waals surface area contributed by atoms with E-state index in [0.29, 0.717) is 6.54 Å². The van der Waals surface area contributed by atoms with Crippen molar-refractivity contribution in [1.29, 1.82) is 0 Å². The third-order valence-electron chi connectivity index (χ3n) is 3.35. The lowest BCUT2D eigenvalue weighted by Gasteiger charge is -2.25. The second-order valence-electron chi connectivity index (χ2n) is 4.60. The average molecular weight is 255 g/mol. The summed E-state index contributed by atoms with van der Waals surface area (Å²) in [5.41, 5.74) is 3.87. The predicted octanol–water partition coefficient (Wildman–Crippen LogP) is 3.25. The monoisotopic (exact) mass is 255 g/mol. The standard InChI is InChI=1S/C17H21NO/c1-2-15-8-6-7-9-16(15)14-18(12-13-19)17-10-4-3-5-11-17/h3-11,19H,2,12-14H2,1H3. The average Bonchev–Trinajstić information content (AvgIpc) is 2.48. The van der Waals surface area contributed by atoms with E-state index in [9.17, 15) is 5.11 Å². The number of hydrogen-bond acceptors (Lipinski definition) is 2. The Hall–Kier alpha value is -1.80. The van der Waals surface area contributed by atoms with E-state index in [4.69, 9.17) is 0 Å². The normalized spacial score (nSPS) is 10.4. The SMILES string of the molecule is CCc1ccccc1CN(CCO)c1ccccc1. The Morgan fingerprint density at radius 1 is 0.895 bits per heavy atom. The van der Waals surface area contributed by atoms with Crippen LogP contribution in [0, 0.1) is 0 Å². The van der Waals surface area contributed by atoms with Crippen molar-refractivity contribution in [3.63, 3.8) is 0 Å². The van der Waals surface area contributed by atoms with Crippen molar-refractivity contribution in [2.24, 2.45) is 0 Å². The van der Waals surface area contributed by atoms with Gasteiger partial charge in [-0.25, -0.2) is 0 Å². The van der Waals surface area contributed by atoms with Crippen molar-refractivity contribution in [3.05, 3.63) is 65.7 Å². The lowest BCUT2D eigenvalue weighted by atomic mass is 10.0. The van der Waals surface area contributed by atoms with Crippen molar-refractivity contribution in [2.45, 2.75) is 19.9 Å². The van der Waals surface area contributed by atoms with E-state index in [2.05, 4.69) is 48.2 Å². The summed E-state index contributed by atoms with van der Waals surface area (Å²) in [5, 5.41) is 9.26. The molecule has 2 rings (SSSR count). The number of para-hydroxylation sites is 1. The Morgan fingerprint density at radius 2 is 1.53 bits per heavy atom. The molecule has 0 aliphatic rings. The molecule has 0 aliphatic carbocycles. The van der Waals surface area contributed by atoms with Gasteiger partial charge < -0.3 is 10.0 Å². The topological polar surface area (TPSA) is 23.5 Å². The summed E-state index contributed by atoms with van der Waals surface area (Å²) in [4.78, 5) is 2.22. The van der Waals surface area contributed by atoms with Gasteiger partial charge in [0.25, 0.3) is 0 Å². The Balaban J connectivity index is 2.21. The lowest BCUT2D eigenvalue weighted by molar-refractivity contribution is 0.301. The van der Waals surface area contributed by atoms with E-state index in [1.807, 2.05) is 18.2 Å². The highest BCUT2D eigenvalue weighted by Crippen LogP contribution is 2.18. The maximum absolute atomic E-state index is 9.26. The van der Waals surface area contributed by atoms with Gasteiger partial charge in [0.2, 0.25) is 0 Å². The van der Waals surface area contributed by atoms with Crippen molar-refractivity contribution in [1.82, 2.24) is 0 Å². The first kappa shape index (κ1) is 13.6. The largest absolute Gasteiger partial charge is 0.395 e. The molecule has 2 aromatic rings. The Kier molecular flexibility index (Phi) is 4.99. The van der Waals surface area contributed by atoms with Gasteiger partial charge in [-0.1, -0.05) is 49.4 Å². The van der Waals surface area contributed by atoms with Crippen LogP contribution in [0.3, 0.4) is 0 Å². The van der Waals surface area contributed by atoms with E-state index in [0.717, 1.165) is 18.7 Å². The van der Waals surface area contributed by atoms with Gasteiger partial charge in [-0.2, -0.15) is 0 Å². The number of benzene rings is 2. The first-order valence-electron chi connectivity index (χ1n) is 6.82. The van der Waals surface area contributed by atoms with Gasteiger partial charge >= 0.3 is 0 Å². The first-order chi connectivity index (χ1) is 9.35. The number of rotatable bonds is 6. The molecule has 0 amide bonds. The van der Waals surface area contributed by atoms with Crippen molar-refractivity contribution >= 4 is 5.69 Å². The molecule has 2 nitrogen and oxygen atoms in total. The molecule has 0 radical (unpaired) electrons. The van der Waals surface area contributed by atoms with Gasteiger partial charge in [-0.3, -0.25) is 0 Å². The van der Waals surface area contributed by atoms with Crippen LogP contribution in [0.25, 0.3) is 0 Å². The molecule has 0 atom stereocenters. The van der Waals surface area contributed by atoms with E-state index in [1.54, 1.807) is 0 Å². The van der Waals surface area contributed by atoms with Gasteiger partial charge in [0, 0.05) is 18.8 Å². The van der Waals surface area contributed by atoms with Gasteiger partial charge in [0.05, 0.1) is 6.61 Å². The molecule has 0 unspecified atom stereocenters. The molecule has 2 aromatic carbocycles. The number of aliphatic hydroxyl groups excluding tert-OH is 1. The van der Waals surface area contributed by atoms with Crippen molar-refractivity contribution in [2.75, 3.05) is 18.1 Å². The van der Waals surface area contributed by atoms with Crippen LogP contribution in [0.5, 0.6) is 0 Å². The summed E-state index contributed by atoms with van der Waals surface area (Å²) in [6.45, 7) is 3.84. The summed E-state index contributed by atoms with van der Waals surface area (Å²) < 4.78 is 0. The Labute approximate surface area is 115 Å². The highest BCUT2D eigenvalue weighted by molar-refractivity contribution is 5.47. The molecule has 0 heterocycles. The molecule has 19 heavy (non-hydrogen) atoms. The van der Waals surface area contributed by atoms with Crippen LogP contribution in [0.15, 0.2) is 54.6 Å². The van der Waals surface area contributed by atoms with Crippen molar-refractivity contribution in [3.8, 4) is 0 Å². The van der Waals surface area contributed by atoms with E-state index in [-0.39, 0.29) is 6.61 Å². The third kappa shape index (κ3) is 3.58. The molecule has 2 heteroatoms. The predicted molar refractivity (Wildman–Crippen MR) is 80.4 cm³/mol. The second-order valence-corrected chi connectivity index (χ2v) is 4.60. The fourth-order valence-corrected chi connectivity index (χ4v) is 2.32. The molecule has 0 saturated carbocycles. The van der Waals surface area contributed by atoms with E-state index in [1.165, 1.54) is 11.1 Å². The number of hydrogen-bond donors (Lipinski definition) is 1. The van der Waals surface area contributed by atoms with E-state index < -0.39 is 0 Å². The first-order valence-corrected chi connectivity index (χ1v) is 6.82. The number of aryl methyl sites for hydroxylation is 1. The summed E-state index contributed by atoms with van der Waals surface area (Å²) in [5.74, 6) is 0. The smallest absolute Gasteiger partial charge is 0.0606 e. The van der Waals surface area contributed by atoms with Gasteiger partial charge in [-0.05, 0) is 29.7 Å². The van der Waals surface area contributed by atoms with Crippen LogP contribution in [0.4, 0.5) is 5.69 Å². The van der Waals surface area contributed by atoms with Gasteiger partial charge in [0.1, 0.15) is 0 Å². The second kappa shape index (κ2) is 6.95. The minimum atomic E-state index is 0.170. The maximum atomic E-state index is 9.26. The molecule has 100 valence electrons. The fourth-order valence-electron chi connectivity index (χ4n) is 2.32. The molecule has 0 aliphatic heterocycles. The minimum absolute atomic E-state index is 0.170. The lowest BCUT2D eigenvalue weighted by Crippen LogP contribution is -2.26. The molecule has 0 saturated heterocycles. The van der Waals surface area contributed by atoms with Crippen LogP contribution in [-0.4, -0.2) is 18.3 Å². The quantitative estimate of drug-likeness (QED) is 0.856. The molecule has 0 aromatic heterocycles. The fraction of sp³-hybridized carbons (Fsp3) is 0.294. The number of aliphatic hydroxyl groups is 1. The zero-order valence-corrected chi connectivity index (χ0v) is 11.4. The van der Waals surface area contributed by atoms with Crippen LogP contribution >= 0.6 is 0 Å². The van der Waals surface area contributed by atoms with Crippen LogP contribution in [-0.2, 0) is 13.0 Å². The third-order valence-corrected chi connectivity index (χ3v) is 3.35. The molecule has 0 bridgehead atoms. The van der Waals surface area contributed by atoms with Crippen LogP contribution in [0.2, 0.25) is 0 Å². The summed E-state index contributed by atoms with van der Waals surface area (Å²) >= 11 is 0. The summed E-state index contributed by atoms with van der Waals surface area (Å²) in [7, 11) is 0. The van der Waals surface area contributed by atoms with Gasteiger partial charge in [0.15, 0.2) is 0 Å². The molecule has 0 spiro atoms. The van der Waals surface area contributed by atoms with Gasteiger partial charge in [-0.15, -0.1) is 0 Å². The van der Waals surface area contributed by atoms with Crippen LogP contribution in [0.1, 0.15) is 18.1 Å².